The van der Waals surface area contributed by atoms with E-state index < -0.39 is 30.2 Å². The average molecular weight is 367 g/mol. The highest BCUT2D eigenvalue weighted by molar-refractivity contribution is 5.96. The van der Waals surface area contributed by atoms with E-state index in [2.05, 4.69) is 10.1 Å². The lowest BCUT2D eigenvalue weighted by Gasteiger charge is -2.31. The fraction of sp³-hybridized carbons (Fsp3) is 0.222. The van der Waals surface area contributed by atoms with Crippen molar-refractivity contribution in [2.24, 2.45) is 0 Å². The molecule has 26 heavy (non-hydrogen) atoms. The van der Waals surface area contributed by atoms with Gasteiger partial charge in [0, 0.05) is 5.56 Å². The zero-order valence-corrected chi connectivity index (χ0v) is 13.7. The first kappa shape index (κ1) is 19.5. The van der Waals surface area contributed by atoms with Crippen LogP contribution < -0.4 is 5.32 Å². The van der Waals surface area contributed by atoms with Crippen LogP contribution in [0.4, 0.5) is 13.2 Å². The predicted molar refractivity (Wildman–Crippen MR) is 86.5 cm³/mol. The monoisotopic (exact) mass is 367 g/mol. The Kier molecular flexibility index (Phi) is 5.66. The molecule has 8 heteroatoms. The molecule has 2 aromatic rings. The van der Waals surface area contributed by atoms with Crippen LogP contribution in [0.15, 0.2) is 54.6 Å². The number of hydrogen-bond acceptors (Lipinski definition) is 4. The summed E-state index contributed by atoms with van der Waals surface area (Å²) in [5.41, 5.74) is -3.38. The van der Waals surface area contributed by atoms with E-state index in [1.54, 1.807) is 0 Å². The molecule has 138 valence electrons. The number of rotatable bonds is 5. The van der Waals surface area contributed by atoms with Crippen LogP contribution in [0.25, 0.3) is 0 Å². The number of amides is 1. The Morgan fingerprint density at radius 2 is 1.54 bits per heavy atom. The van der Waals surface area contributed by atoms with Gasteiger partial charge < -0.3 is 15.2 Å². The molecule has 5 nitrogen and oxygen atoms in total. The van der Waals surface area contributed by atoms with Crippen LogP contribution in [0.1, 0.15) is 26.3 Å². The van der Waals surface area contributed by atoms with Crippen molar-refractivity contribution < 1.29 is 32.6 Å². The largest absolute Gasteiger partial charge is 0.465 e. The lowest BCUT2D eigenvalue weighted by molar-refractivity contribution is -0.263. The molecule has 2 rings (SSSR count). The Morgan fingerprint density at radius 1 is 1.00 bits per heavy atom. The molecule has 0 heterocycles. The van der Waals surface area contributed by atoms with E-state index in [1.165, 1.54) is 49.6 Å². The number of alkyl halides is 3. The zero-order chi connectivity index (χ0) is 19.4. The highest BCUT2D eigenvalue weighted by Gasteiger charge is 2.55. The molecule has 1 atom stereocenters. The fourth-order valence-electron chi connectivity index (χ4n) is 2.27. The van der Waals surface area contributed by atoms with E-state index in [0.717, 1.165) is 12.1 Å². The summed E-state index contributed by atoms with van der Waals surface area (Å²) < 4.78 is 44.6. The number of benzene rings is 2. The van der Waals surface area contributed by atoms with Gasteiger partial charge in [-0.2, -0.15) is 13.2 Å². The average Bonchev–Trinajstić information content (AvgIpc) is 2.65. The van der Waals surface area contributed by atoms with Gasteiger partial charge in [-0.05, 0) is 29.8 Å². The maximum Gasteiger partial charge on any atom is 0.423 e. The van der Waals surface area contributed by atoms with Gasteiger partial charge >= 0.3 is 12.1 Å². The van der Waals surface area contributed by atoms with Crippen molar-refractivity contribution >= 4 is 11.9 Å². The highest BCUT2D eigenvalue weighted by atomic mass is 19.4. The first-order chi connectivity index (χ1) is 12.2. The Bertz CT molecular complexity index is 775. The van der Waals surface area contributed by atoms with E-state index in [1.807, 2.05) is 0 Å². The van der Waals surface area contributed by atoms with E-state index in [0.29, 0.717) is 0 Å². The first-order valence-electron chi connectivity index (χ1n) is 7.50. The number of esters is 1. The molecule has 0 aliphatic rings. The number of halogens is 3. The Labute approximate surface area is 147 Å². The number of carbonyl (C=O) groups is 2. The van der Waals surface area contributed by atoms with Crippen LogP contribution in [-0.4, -0.2) is 36.8 Å². The van der Waals surface area contributed by atoms with Gasteiger partial charge in [0.25, 0.3) is 5.91 Å². The Hall–Kier alpha value is -2.87. The highest BCUT2D eigenvalue weighted by Crippen LogP contribution is 2.38. The molecule has 0 radical (unpaired) electrons. The molecule has 2 aromatic carbocycles. The number of aliphatic hydroxyl groups is 1. The number of methoxy groups -OCH3 is 1. The quantitative estimate of drug-likeness (QED) is 0.797. The summed E-state index contributed by atoms with van der Waals surface area (Å²) in [6, 6.07) is 11.7. The third-order valence-corrected chi connectivity index (χ3v) is 3.79. The summed E-state index contributed by atoms with van der Waals surface area (Å²) in [6.45, 7) is -1.06. The minimum absolute atomic E-state index is 0.0373. The van der Waals surface area contributed by atoms with Crippen molar-refractivity contribution in [2.75, 3.05) is 13.7 Å². The molecular weight excluding hydrogens is 351 g/mol. The first-order valence-corrected chi connectivity index (χ1v) is 7.50. The van der Waals surface area contributed by atoms with Crippen molar-refractivity contribution in [1.29, 1.82) is 0 Å². The SMILES string of the molecule is COC(=O)c1ccc(C(=O)NCC(O)(c2ccccc2)C(F)(F)F)cc1. The van der Waals surface area contributed by atoms with Gasteiger partial charge in [0.2, 0.25) is 5.60 Å². The Balaban J connectivity index is 2.16. The second kappa shape index (κ2) is 7.57. The molecule has 0 aliphatic heterocycles. The van der Waals surface area contributed by atoms with Crippen LogP contribution in [-0.2, 0) is 10.3 Å². The minimum atomic E-state index is -4.99. The van der Waals surface area contributed by atoms with Crippen LogP contribution in [0.3, 0.4) is 0 Å². The molecule has 0 aliphatic carbocycles. The molecule has 1 amide bonds. The summed E-state index contributed by atoms with van der Waals surface area (Å²) in [5, 5.41) is 12.2. The maximum absolute atomic E-state index is 13.4. The summed E-state index contributed by atoms with van der Waals surface area (Å²) in [4.78, 5) is 23.4. The standard InChI is InChI=1S/C18H16F3NO4/c1-26-16(24)13-9-7-12(8-10-13)15(23)22-11-17(25,18(19,20)21)14-5-3-2-4-6-14/h2-10,25H,11H2,1H3,(H,22,23). The molecule has 0 bridgehead atoms. The molecule has 0 spiro atoms. The van der Waals surface area contributed by atoms with Gasteiger partial charge in [-0.15, -0.1) is 0 Å². The van der Waals surface area contributed by atoms with Crippen molar-refractivity contribution in [1.82, 2.24) is 5.32 Å². The van der Waals surface area contributed by atoms with Gasteiger partial charge in [-0.3, -0.25) is 4.79 Å². The fourth-order valence-corrected chi connectivity index (χ4v) is 2.27. The van der Waals surface area contributed by atoms with Gasteiger partial charge in [0.05, 0.1) is 19.2 Å². The van der Waals surface area contributed by atoms with E-state index in [9.17, 15) is 27.9 Å². The maximum atomic E-state index is 13.4. The molecule has 0 aromatic heterocycles. The number of carbonyl (C=O) groups excluding carboxylic acids is 2. The Morgan fingerprint density at radius 3 is 2.04 bits per heavy atom. The number of ether oxygens (including phenoxy) is 1. The normalized spacial score (nSPS) is 13.6. The van der Waals surface area contributed by atoms with E-state index >= 15 is 0 Å². The van der Waals surface area contributed by atoms with Gasteiger partial charge in [-0.25, -0.2) is 4.79 Å². The lowest BCUT2D eigenvalue weighted by atomic mass is 9.93. The molecule has 0 saturated heterocycles. The van der Waals surface area contributed by atoms with Gasteiger partial charge in [0.1, 0.15) is 0 Å². The molecule has 0 fully saturated rings. The lowest BCUT2D eigenvalue weighted by Crippen LogP contribution is -2.51. The molecule has 0 saturated carbocycles. The van der Waals surface area contributed by atoms with Crippen molar-refractivity contribution in [3.63, 3.8) is 0 Å². The van der Waals surface area contributed by atoms with Crippen molar-refractivity contribution in [2.45, 2.75) is 11.8 Å². The summed E-state index contributed by atoms with van der Waals surface area (Å²) in [5.74, 6) is -1.42. The van der Waals surface area contributed by atoms with E-state index in [4.69, 9.17) is 0 Å². The minimum Gasteiger partial charge on any atom is -0.465 e. The van der Waals surface area contributed by atoms with E-state index in [-0.39, 0.29) is 16.7 Å². The van der Waals surface area contributed by atoms with Crippen LogP contribution in [0.5, 0.6) is 0 Å². The van der Waals surface area contributed by atoms with Crippen LogP contribution >= 0.6 is 0 Å². The van der Waals surface area contributed by atoms with Crippen molar-refractivity contribution in [3.05, 3.63) is 71.3 Å². The second-order valence-corrected chi connectivity index (χ2v) is 5.48. The van der Waals surface area contributed by atoms with Crippen LogP contribution in [0, 0.1) is 0 Å². The third-order valence-electron chi connectivity index (χ3n) is 3.79. The number of nitrogens with one attached hydrogen (secondary N) is 1. The summed E-state index contributed by atoms with van der Waals surface area (Å²) >= 11 is 0. The predicted octanol–water partition coefficient (Wildman–Crippen LogP) is 2.65. The second-order valence-electron chi connectivity index (χ2n) is 5.48. The summed E-state index contributed by atoms with van der Waals surface area (Å²) in [6.07, 6.45) is -4.99. The van der Waals surface area contributed by atoms with Crippen LogP contribution in [0.2, 0.25) is 0 Å². The molecule has 2 N–H and O–H groups in total. The topological polar surface area (TPSA) is 75.6 Å². The third kappa shape index (κ3) is 4.02. The van der Waals surface area contributed by atoms with Gasteiger partial charge in [0.15, 0.2) is 0 Å². The zero-order valence-electron chi connectivity index (χ0n) is 13.7. The molecular formula is C18H16F3NO4. The number of hydrogen-bond donors (Lipinski definition) is 2. The van der Waals surface area contributed by atoms with Gasteiger partial charge in [-0.1, -0.05) is 30.3 Å². The van der Waals surface area contributed by atoms with Crippen molar-refractivity contribution in [3.8, 4) is 0 Å². The summed E-state index contributed by atoms with van der Waals surface area (Å²) in [7, 11) is 1.20. The molecule has 1 unspecified atom stereocenters. The smallest absolute Gasteiger partial charge is 0.423 e.